The first-order valence-electron chi connectivity index (χ1n) is 4.51. The van der Waals surface area contributed by atoms with Gasteiger partial charge < -0.3 is 0 Å². The van der Waals surface area contributed by atoms with Gasteiger partial charge in [0, 0.05) is 55.1 Å². The summed E-state index contributed by atoms with van der Waals surface area (Å²) in [6.45, 7) is 9.38. The van der Waals surface area contributed by atoms with Gasteiger partial charge in [0.25, 0.3) is 0 Å². The van der Waals surface area contributed by atoms with E-state index in [0.717, 1.165) is 0 Å². The zero-order valence-electron chi connectivity index (χ0n) is 7.68. The lowest BCUT2D eigenvalue weighted by molar-refractivity contribution is 0.273. The molecular formula is C9H15IN2. The van der Waals surface area contributed by atoms with Crippen molar-refractivity contribution >= 4 is 22.9 Å². The molecule has 0 spiro atoms. The molecule has 0 atom stereocenters. The topological polar surface area (TPSA) is 6.48 Å². The lowest BCUT2D eigenvalue weighted by atomic mass is 10.2. The normalized spacial score (nSPS) is 26.0. The van der Waals surface area contributed by atoms with Crippen LogP contribution < -0.4 is 0 Å². The molecule has 0 amide bonds. The van der Waals surface area contributed by atoms with Crippen LogP contribution in [0.25, 0.3) is 0 Å². The largest absolute Gasteiger partial charge is 0.293 e. The Labute approximate surface area is 88.1 Å². The van der Waals surface area contributed by atoms with E-state index in [1.54, 1.807) is 11.1 Å². The van der Waals surface area contributed by atoms with Crippen molar-refractivity contribution in [1.29, 1.82) is 0 Å². The summed E-state index contributed by atoms with van der Waals surface area (Å²) in [7, 11) is 0. The van der Waals surface area contributed by atoms with E-state index in [4.69, 9.17) is 0 Å². The molecule has 0 bridgehead atoms. The van der Waals surface area contributed by atoms with Crippen LogP contribution in [-0.2, 0) is 0 Å². The molecule has 0 aromatic carbocycles. The third-order valence-corrected chi connectivity index (χ3v) is 3.43. The van der Waals surface area contributed by atoms with Crippen molar-refractivity contribution in [2.45, 2.75) is 19.9 Å². The summed E-state index contributed by atoms with van der Waals surface area (Å²) in [5.74, 6) is 0. The summed E-state index contributed by atoms with van der Waals surface area (Å²) in [5, 5.41) is 0. The highest BCUT2D eigenvalue weighted by molar-refractivity contribution is 14.1. The summed E-state index contributed by atoms with van der Waals surface area (Å²) < 4.78 is 2.38. The van der Waals surface area contributed by atoms with Crippen molar-refractivity contribution in [3.05, 3.63) is 11.1 Å². The molecule has 68 valence electrons. The molecule has 12 heavy (non-hydrogen) atoms. The molecule has 0 aromatic heterocycles. The Morgan fingerprint density at radius 1 is 1.08 bits per heavy atom. The maximum absolute atomic E-state index is 2.55. The first-order chi connectivity index (χ1) is 5.66. The van der Waals surface area contributed by atoms with Crippen molar-refractivity contribution in [1.82, 2.24) is 8.01 Å². The second kappa shape index (κ2) is 3.27. The molecular weight excluding hydrogens is 263 g/mol. The molecule has 0 aromatic rings. The van der Waals surface area contributed by atoms with Gasteiger partial charge in [-0.05, 0) is 25.0 Å². The lowest BCUT2D eigenvalue weighted by Crippen LogP contribution is -2.31. The van der Waals surface area contributed by atoms with Gasteiger partial charge in [-0.3, -0.25) is 4.90 Å². The number of hydrogen-bond donors (Lipinski definition) is 0. The minimum absolute atomic E-state index is 0.707. The lowest BCUT2D eigenvalue weighted by Gasteiger charge is -2.23. The fraction of sp³-hybridized carbons (Fsp3) is 0.778. The van der Waals surface area contributed by atoms with Crippen LogP contribution in [0, 0.1) is 0 Å². The van der Waals surface area contributed by atoms with E-state index in [9.17, 15) is 0 Å². The first kappa shape index (κ1) is 8.97. The molecule has 3 heteroatoms. The molecule has 0 saturated heterocycles. The van der Waals surface area contributed by atoms with Gasteiger partial charge in [0.05, 0.1) is 0 Å². The van der Waals surface area contributed by atoms with E-state index < -0.39 is 0 Å². The van der Waals surface area contributed by atoms with E-state index in [0.29, 0.717) is 6.04 Å². The second-order valence-electron chi connectivity index (χ2n) is 3.98. The van der Waals surface area contributed by atoms with Gasteiger partial charge in [-0.25, -0.2) is 3.11 Å². The molecule has 0 aliphatic carbocycles. The molecule has 0 radical (unpaired) electrons. The van der Waals surface area contributed by atoms with Gasteiger partial charge >= 0.3 is 0 Å². The minimum atomic E-state index is 0.707. The first-order valence-corrected chi connectivity index (χ1v) is 5.48. The molecule has 2 rings (SSSR count). The quantitative estimate of drug-likeness (QED) is 0.409. The van der Waals surface area contributed by atoms with E-state index in [1.165, 1.54) is 26.2 Å². The Kier molecular flexibility index (Phi) is 2.44. The number of rotatable bonds is 1. The van der Waals surface area contributed by atoms with Gasteiger partial charge in [-0.15, -0.1) is 0 Å². The third kappa shape index (κ3) is 1.54. The zero-order valence-corrected chi connectivity index (χ0v) is 9.84. The van der Waals surface area contributed by atoms with E-state index in [2.05, 4.69) is 44.7 Å². The highest BCUT2D eigenvalue weighted by atomic mass is 127. The average Bonchev–Trinajstić information content (AvgIpc) is 2.42. The Hall–Kier alpha value is 0.390. The summed E-state index contributed by atoms with van der Waals surface area (Å²) in [6, 6.07) is 0.707. The van der Waals surface area contributed by atoms with Crippen LogP contribution in [-0.4, -0.2) is 40.2 Å². The van der Waals surface area contributed by atoms with Crippen molar-refractivity contribution in [2.24, 2.45) is 0 Å². The van der Waals surface area contributed by atoms with Crippen molar-refractivity contribution in [3.8, 4) is 0 Å². The van der Waals surface area contributed by atoms with Crippen LogP contribution in [0.2, 0.25) is 0 Å². The van der Waals surface area contributed by atoms with Gasteiger partial charge in [0.2, 0.25) is 0 Å². The monoisotopic (exact) mass is 278 g/mol. The van der Waals surface area contributed by atoms with Crippen LogP contribution in [0.1, 0.15) is 13.8 Å². The Morgan fingerprint density at radius 2 is 1.58 bits per heavy atom. The maximum atomic E-state index is 2.55. The van der Waals surface area contributed by atoms with Crippen LogP contribution in [0.4, 0.5) is 0 Å². The van der Waals surface area contributed by atoms with E-state index in [-0.39, 0.29) is 0 Å². The van der Waals surface area contributed by atoms with Crippen molar-refractivity contribution in [3.63, 3.8) is 0 Å². The molecule has 0 unspecified atom stereocenters. The standard InChI is InChI=1S/C9H15IN2/c1-7(2)11-3-8-5-12(10)6-9(8)4-11/h7H,3-6H2,1-2H3. The van der Waals surface area contributed by atoms with Gasteiger partial charge in [-0.2, -0.15) is 0 Å². The average molecular weight is 278 g/mol. The highest BCUT2D eigenvalue weighted by Gasteiger charge is 2.29. The molecule has 0 fully saturated rings. The molecule has 0 N–H and O–H groups in total. The highest BCUT2D eigenvalue weighted by Crippen LogP contribution is 2.28. The predicted molar refractivity (Wildman–Crippen MR) is 59.3 cm³/mol. The van der Waals surface area contributed by atoms with Crippen molar-refractivity contribution < 1.29 is 0 Å². The second-order valence-corrected chi connectivity index (χ2v) is 5.35. The van der Waals surface area contributed by atoms with Crippen LogP contribution >= 0.6 is 22.9 Å². The predicted octanol–water partition coefficient (Wildman–Crippen LogP) is 1.67. The Balaban J connectivity index is 1.99. The van der Waals surface area contributed by atoms with Gasteiger partial charge in [0.1, 0.15) is 0 Å². The van der Waals surface area contributed by atoms with Gasteiger partial charge in [0.15, 0.2) is 0 Å². The van der Waals surface area contributed by atoms with Crippen LogP contribution in [0.5, 0.6) is 0 Å². The van der Waals surface area contributed by atoms with Gasteiger partial charge in [-0.1, -0.05) is 0 Å². The molecule has 2 aliphatic rings. The fourth-order valence-electron chi connectivity index (χ4n) is 1.93. The number of halogens is 1. The summed E-state index contributed by atoms with van der Waals surface area (Å²) in [6.07, 6.45) is 0. The van der Waals surface area contributed by atoms with Crippen molar-refractivity contribution in [2.75, 3.05) is 26.2 Å². The van der Waals surface area contributed by atoms with Crippen LogP contribution in [0.3, 0.4) is 0 Å². The summed E-state index contributed by atoms with van der Waals surface area (Å²) in [4.78, 5) is 2.55. The third-order valence-electron chi connectivity index (χ3n) is 2.74. The number of nitrogens with zero attached hydrogens (tertiary/aromatic N) is 2. The Bertz CT molecular complexity index is 205. The molecule has 2 heterocycles. The van der Waals surface area contributed by atoms with E-state index >= 15 is 0 Å². The smallest absolute Gasteiger partial charge is 0.0311 e. The molecule has 2 aliphatic heterocycles. The fourth-order valence-corrected chi connectivity index (χ4v) is 2.75. The maximum Gasteiger partial charge on any atom is 0.0311 e. The number of hydrogen-bond acceptors (Lipinski definition) is 2. The molecule has 2 nitrogen and oxygen atoms in total. The van der Waals surface area contributed by atoms with E-state index in [1.807, 2.05) is 0 Å². The SMILES string of the molecule is CC(C)N1CC2=C(CN(I)C2)C1. The Morgan fingerprint density at radius 3 is 2.00 bits per heavy atom. The van der Waals surface area contributed by atoms with Crippen LogP contribution in [0.15, 0.2) is 11.1 Å². The zero-order chi connectivity index (χ0) is 8.72. The summed E-state index contributed by atoms with van der Waals surface area (Å²) >= 11 is 2.42. The minimum Gasteiger partial charge on any atom is -0.293 e. The molecule has 0 saturated carbocycles. The summed E-state index contributed by atoms with van der Waals surface area (Å²) in [5.41, 5.74) is 3.36.